The molecule has 24 heavy (non-hydrogen) atoms. The van der Waals surface area contributed by atoms with Crippen LogP contribution in [0.15, 0.2) is 12.1 Å². The van der Waals surface area contributed by atoms with E-state index in [0.29, 0.717) is 12.3 Å². The zero-order chi connectivity index (χ0) is 17.9. The maximum absolute atomic E-state index is 11.4. The van der Waals surface area contributed by atoms with Gasteiger partial charge in [-0.2, -0.15) is 0 Å². The molecule has 5 heteroatoms. The third-order valence-corrected chi connectivity index (χ3v) is 4.72. The number of nitrogens with zero attached hydrogens (tertiary/aromatic N) is 2. The van der Waals surface area contributed by atoms with E-state index >= 15 is 0 Å². The summed E-state index contributed by atoms with van der Waals surface area (Å²) in [6, 6.07) is 4.23. The van der Waals surface area contributed by atoms with Crippen molar-refractivity contribution in [2.24, 2.45) is 0 Å². The van der Waals surface area contributed by atoms with Crippen LogP contribution in [0.5, 0.6) is 5.75 Å². The number of anilines is 1. The highest BCUT2D eigenvalue weighted by Crippen LogP contribution is 2.37. The van der Waals surface area contributed by atoms with Gasteiger partial charge >= 0.3 is 5.97 Å². The molecule has 0 spiro atoms. The number of carbonyl (C=O) groups excluding carboxylic acids is 1. The van der Waals surface area contributed by atoms with E-state index in [1.807, 2.05) is 0 Å². The van der Waals surface area contributed by atoms with E-state index in [9.17, 15) is 9.90 Å². The monoisotopic (exact) mass is 334 g/mol. The normalized spacial score (nSPS) is 16.0. The third kappa shape index (κ3) is 4.20. The summed E-state index contributed by atoms with van der Waals surface area (Å²) in [5, 5.41) is 10.5. The smallest absolute Gasteiger partial charge is 0.319 e. The zero-order valence-electron chi connectivity index (χ0n) is 15.5. The van der Waals surface area contributed by atoms with E-state index in [2.05, 4.69) is 49.6 Å². The molecular weight excluding hydrogens is 304 g/mol. The fourth-order valence-electron chi connectivity index (χ4n) is 3.14. The number of esters is 1. The lowest BCUT2D eigenvalue weighted by Crippen LogP contribution is -2.48. The Bertz CT molecular complexity index is 547. The van der Waals surface area contributed by atoms with Crippen LogP contribution in [0.2, 0.25) is 0 Å². The Morgan fingerprint density at radius 2 is 1.58 bits per heavy atom. The Hall–Kier alpha value is -1.75. The van der Waals surface area contributed by atoms with Gasteiger partial charge in [-0.3, -0.25) is 9.69 Å². The highest BCUT2D eigenvalue weighted by atomic mass is 16.5. The number of hydrogen-bond acceptors (Lipinski definition) is 5. The topological polar surface area (TPSA) is 53.0 Å². The van der Waals surface area contributed by atoms with Crippen molar-refractivity contribution in [3.8, 4) is 5.75 Å². The van der Waals surface area contributed by atoms with E-state index < -0.39 is 0 Å². The maximum atomic E-state index is 11.4. The Kier molecular flexibility index (Phi) is 6.10. The lowest BCUT2D eigenvalue weighted by Gasteiger charge is -2.36. The molecule has 1 heterocycles. The van der Waals surface area contributed by atoms with Crippen LogP contribution in [0.4, 0.5) is 5.69 Å². The number of piperazine rings is 1. The molecule has 1 aromatic carbocycles. The van der Waals surface area contributed by atoms with Gasteiger partial charge in [-0.05, 0) is 35.1 Å². The third-order valence-electron chi connectivity index (χ3n) is 4.72. The van der Waals surface area contributed by atoms with Crippen LogP contribution in [-0.4, -0.2) is 55.8 Å². The van der Waals surface area contributed by atoms with Crippen molar-refractivity contribution in [2.45, 2.75) is 39.5 Å². The molecule has 1 saturated heterocycles. The molecule has 1 aliphatic rings. The van der Waals surface area contributed by atoms with Crippen molar-refractivity contribution in [3.05, 3.63) is 23.3 Å². The Labute approximate surface area is 145 Å². The van der Waals surface area contributed by atoms with Crippen LogP contribution in [0.3, 0.4) is 0 Å². The van der Waals surface area contributed by atoms with Crippen molar-refractivity contribution in [1.82, 2.24) is 4.90 Å². The lowest BCUT2D eigenvalue weighted by molar-refractivity contribution is -0.142. The number of benzene rings is 1. The first-order chi connectivity index (χ1) is 11.3. The van der Waals surface area contributed by atoms with Gasteiger partial charge in [-0.1, -0.05) is 27.7 Å². The van der Waals surface area contributed by atoms with Gasteiger partial charge in [0.05, 0.1) is 13.7 Å². The Morgan fingerprint density at radius 3 is 2.00 bits per heavy atom. The van der Waals surface area contributed by atoms with Gasteiger partial charge < -0.3 is 14.7 Å². The van der Waals surface area contributed by atoms with Gasteiger partial charge in [0.1, 0.15) is 5.75 Å². The van der Waals surface area contributed by atoms with Gasteiger partial charge in [-0.25, -0.2) is 0 Å². The summed E-state index contributed by atoms with van der Waals surface area (Å²) >= 11 is 0. The molecule has 0 amide bonds. The van der Waals surface area contributed by atoms with Crippen LogP contribution >= 0.6 is 0 Å². The molecule has 0 aliphatic carbocycles. The van der Waals surface area contributed by atoms with Crippen LogP contribution in [-0.2, 0) is 9.53 Å². The van der Waals surface area contributed by atoms with Crippen molar-refractivity contribution < 1.29 is 14.6 Å². The standard InChI is InChI=1S/C19H30N2O3/c1-13(2)16-10-15(11-17(14(3)4)19(16)23)21-8-6-20(7-9-21)12-18(22)24-5/h10-11,13-14,23H,6-9,12H2,1-5H3. The molecular formula is C19H30N2O3. The highest BCUT2D eigenvalue weighted by molar-refractivity contribution is 5.71. The van der Waals surface area contributed by atoms with E-state index in [1.165, 1.54) is 7.11 Å². The van der Waals surface area contributed by atoms with Gasteiger partial charge in [0.2, 0.25) is 0 Å². The molecule has 0 aromatic heterocycles. The number of phenols is 1. The van der Waals surface area contributed by atoms with Gasteiger partial charge in [0, 0.05) is 31.9 Å². The van der Waals surface area contributed by atoms with Gasteiger partial charge in [-0.15, -0.1) is 0 Å². The molecule has 1 aliphatic heterocycles. The molecule has 1 N–H and O–H groups in total. The van der Waals surface area contributed by atoms with E-state index in [1.54, 1.807) is 0 Å². The highest BCUT2D eigenvalue weighted by Gasteiger charge is 2.22. The van der Waals surface area contributed by atoms with Gasteiger partial charge in [0.15, 0.2) is 0 Å². The lowest BCUT2D eigenvalue weighted by atomic mass is 9.92. The van der Waals surface area contributed by atoms with E-state index in [0.717, 1.165) is 43.0 Å². The number of methoxy groups -OCH3 is 1. The zero-order valence-corrected chi connectivity index (χ0v) is 15.5. The van der Waals surface area contributed by atoms with Crippen LogP contribution < -0.4 is 4.90 Å². The molecule has 0 unspecified atom stereocenters. The average Bonchev–Trinajstić information content (AvgIpc) is 2.55. The molecule has 0 radical (unpaired) electrons. The second-order valence-corrected chi connectivity index (χ2v) is 7.12. The Morgan fingerprint density at radius 1 is 1.08 bits per heavy atom. The molecule has 134 valence electrons. The number of phenolic OH excluding ortho intramolecular Hbond substituents is 1. The van der Waals surface area contributed by atoms with E-state index in [4.69, 9.17) is 4.74 Å². The van der Waals surface area contributed by atoms with Crippen LogP contribution in [0.1, 0.15) is 50.7 Å². The SMILES string of the molecule is COC(=O)CN1CCN(c2cc(C(C)C)c(O)c(C(C)C)c2)CC1. The predicted octanol–water partition coefficient (Wildman–Crippen LogP) is 2.93. The minimum atomic E-state index is -0.183. The molecule has 2 rings (SSSR count). The summed E-state index contributed by atoms with van der Waals surface area (Å²) in [5.41, 5.74) is 3.18. The number of hydrogen-bond donors (Lipinski definition) is 1. The largest absolute Gasteiger partial charge is 0.507 e. The van der Waals surface area contributed by atoms with Crippen molar-refractivity contribution in [2.75, 3.05) is 44.7 Å². The second kappa shape index (κ2) is 7.88. The predicted molar refractivity (Wildman–Crippen MR) is 97.0 cm³/mol. The van der Waals surface area contributed by atoms with Crippen molar-refractivity contribution in [3.63, 3.8) is 0 Å². The number of aromatic hydroxyl groups is 1. The van der Waals surface area contributed by atoms with Crippen LogP contribution in [0, 0.1) is 0 Å². The van der Waals surface area contributed by atoms with Crippen molar-refractivity contribution >= 4 is 11.7 Å². The first-order valence-electron chi connectivity index (χ1n) is 8.74. The maximum Gasteiger partial charge on any atom is 0.319 e. The molecule has 5 nitrogen and oxygen atoms in total. The summed E-state index contributed by atoms with van der Waals surface area (Å²) in [5.74, 6) is 0.816. The summed E-state index contributed by atoms with van der Waals surface area (Å²) in [7, 11) is 1.43. The number of rotatable bonds is 5. The van der Waals surface area contributed by atoms with E-state index in [-0.39, 0.29) is 17.8 Å². The minimum Gasteiger partial charge on any atom is -0.507 e. The fraction of sp³-hybridized carbons (Fsp3) is 0.632. The summed E-state index contributed by atoms with van der Waals surface area (Å²) < 4.78 is 4.74. The van der Waals surface area contributed by atoms with Gasteiger partial charge in [0.25, 0.3) is 0 Å². The summed E-state index contributed by atoms with van der Waals surface area (Å²) in [6.45, 7) is 12.2. The first kappa shape index (κ1) is 18.6. The number of carbonyl (C=O) groups is 1. The second-order valence-electron chi connectivity index (χ2n) is 7.12. The molecule has 1 fully saturated rings. The molecule has 1 aromatic rings. The molecule has 0 saturated carbocycles. The fourth-order valence-corrected chi connectivity index (χ4v) is 3.14. The first-order valence-corrected chi connectivity index (χ1v) is 8.74. The quantitative estimate of drug-likeness (QED) is 0.839. The average molecular weight is 334 g/mol. The minimum absolute atomic E-state index is 0.183. The number of ether oxygens (including phenoxy) is 1. The molecule has 0 atom stereocenters. The van der Waals surface area contributed by atoms with Crippen molar-refractivity contribution in [1.29, 1.82) is 0 Å². The van der Waals surface area contributed by atoms with Crippen LogP contribution in [0.25, 0.3) is 0 Å². The summed E-state index contributed by atoms with van der Waals surface area (Å²) in [6.07, 6.45) is 0. The molecule has 0 bridgehead atoms. The Balaban J connectivity index is 2.16. The summed E-state index contributed by atoms with van der Waals surface area (Å²) in [4.78, 5) is 15.9.